The Bertz CT molecular complexity index is 1110. The van der Waals surface area contributed by atoms with E-state index < -0.39 is 14.0 Å². The summed E-state index contributed by atoms with van der Waals surface area (Å²) in [6.07, 6.45) is 1.70. The summed E-state index contributed by atoms with van der Waals surface area (Å²) in [5.74, 6) is 0.0868. The number of carbonyl (C=O) groups excluding carboxylic acids is 1. The smallest absolute Gasteiger partial charge is 0.252 e. The summed E-state index contributed by atoms with van der Waals surface area (Å²) < 4.78 is 7.75. The van der Waals surface area contributed by atoms with Crippen molar-refractivity contribution in [2.75, 3.05) is 11.9 Å². The minimum absolute atomic E-state index is 0.269. The number of fused-ring (bicyclic) bond motifs is 1. The fourth-order valence-electron chi connectivity index (χ4n) is 3.29. The van der Waals surface area contributed by atoms with Gasteiger partial charge in [-0.1, -0.05) is 58.1 Å². The van der Waals surface area contributed by atoms with Gasteiger partial charge in [0.05, 0.1) is 11.3 Å². The molecule has 8 heteroatoms. The van der Waals surface area contributed by atoms with Crippen molar-refractivity contribution in [1.29, 1.82) is 0 Å². The third-order valence-electron chi connectivity index (χ3n) is 5.21. The predicted octanol–water partition coefficient (Wildman–Crippen LogP) is 5.19. The highest BCUT2D eigenvalue weighted by molar-refractivity contribution is 6.76. The van der Waals surface area contributed by atoms with E-state index in [4.69, 9.17) is 20.4 Å². The van der Waals surface area contributed by atoms with Crippen LogP contribution in [0.15, 0.2) is 30.5 Å². The summed E-state index contributed by atoms with van der Waals surface area (Å²) >= 11 is 0. The number of carbonyl (C=O) groups is 1. The van der Waals surface area contributed by atoms with Crippen molar-refractivity contribution in [3.8, 4) is 0 Å². The second-order valence-corrected chi connectivity index (χ2v) is 16.2. The molecule has 0 saturated carbocycles. The van der Waals surface area contributed by atoms with E-state index in [1.165, 1.54) is 5.56 Å². The summed E-state index contributed by atoms with van der Waals surface area (Å²) in [6, 6.07) is 9.14. The van der Waals surface area contributed by atoms with Crippen molar-refractivity contribution in [2.45, 2.75) is 65.5 Å². The van der Waals surface area contributed by atoms with Crippen LogP contribution in [0.1, 0.15) is 42.4 Å². The van der Waals surface area contributed by atoms with Gasteiger partial charge in [-0.25, -0.2) is 9.97 Å². The summed E-state index contributed by atoms with van der Waals surface area (Å²) in [7, 11) is -1.19. The van der Waals surface area contributed by atoms with Crippen molar-refractivity contribution in [2.24, 2.45) is 5.73 Å². The van der Waals surface area contributed by atoms with Gasteiger partial charge in [0.2, 0.25) is 0 Å². The maximum atomic E-state index is 12.2. The third kappa shape index (κ3) is 5.75. The number of anilines is 2. The molecule has 0 aliphatic heterocycles. The van der Waals surface area contributed by atoms with E-state index in [2.05, 4.69) is 45.7 Å². The lowest BCUT2D eigenvalue weighted by atomic mass is 9.91. The first-order valence-corrected chi connectivity index (χ1v) is 14.7. The van der Waals surface area contributed by atoms with E-state index in [-0.39, 0.29) is 5.41 Å². The second kappa shape index (κ2) is 9.03. The van der Waals surface area contributed by atoms with Crippen LogP contribution in [-0.4, -0.2) is 35.1 Å². The van der Waals surface area contributed by atoms with Crippen molar-refractivity contribution in [3.05, 3.63) is 47.3 Å². The van der Waals surface area contributed by atoms with Gasteiger partial charge in [0, 0.05) is 32.0 Å². The van der Waals surface area contributed by atoms with Crippen molar-refractivity contribution >= 4 is 36.7 Å². The summed E-state index contributed by atoms with van der Waals surface area (Å²) in [4.78, 5) is 21.9. The van der Waals surface area contributed by atoms with Gasteiger partial charge in [0.25, 0.3) is 5.91 Å². The van der Waals surface area contributed by atoms with E-state index in [1.807, 2.05) is 35.8 Å². The molecule has 0 atom stereocenters. The van der Waals surface area contributed by atoms with Gasteiger partial charge < -0.3 is 20.4 Å². The first kappa shape index (κ1) is 23.9. The molecule has 0 radical (unpaired) electrons. The number of amides is 1. The number of benzene rings is 1. The van der Waals surface area contributed by atoms with Crippen molar-refractivity contribution in [1.82, 2.24) is 14.5 Å². The molecule has 3 N–H and O–H groups in total. The molecule has 0 saturated heterocycles. The number of aryl methyl sites for hydroxylation is 1. The topological polar surface area (TPSA) is 95.1 Å². The highest BCUT2D eigenvalue weighted by atomic mass is 28.3. The van der Waals surface area contributed by atoms with Gasteiger partial charge >= 0.3 is 0 Å². The Morgan fingerprint density at radius 2 is 1.81 bits per heavy atom. The molecule has 0 fully saturated rings. The Hall–Kier alpha value is -2.71. The number of hydrogen-bond acceptors (Lipinski definition) is 5. The molecule has 0 aliphatic carbocycles. The molecule has 0 aliphatic rings. The van der Waals surface area contributed by atoms with Crippen LogP contribution in [0.3, 0.4) is 0 Å². The third-order valence-corrected chi connectivity index (χ3v) is 6.91. The first-order valence-electron chi connectivity index (χ1n) is 11.0. The van der Waals surface area contributed by atoms with Crippen LogP contribution in [0.25, 0.3) is 11.2 Å². The van der Waals surface area contributed by atoms with Crippen LogP contribution < -0.4 is 11.1 Å². The number of ether oxygens (including phenoxy) is 1. The standard InChI is InChI=1S/C24H35N5O2Si/c1-16-8-10-17(11-9-16)26-22-20(24(2,3)4)28-23-19(27-22)18(21(25)30)14-29(23)15-31-12-13-32(5,6)7/h8-11,14H,12-13,15H2,1-7H3,(H2,25,30)(H,26,27). The van der Waals surface area contributed by atoms with Crippen LogP contribution in [-0.2, 0) is 16.9 Å². The number of rotatable bonds is 8. The normalized spacial score (nSPS) is 12.3. The molecule has 1 amide bonds. The van der Waals surface area contributed by atoms with E-state index in [9.17, 15) is 4.79 Å². The Kier molecular flexibility index (Phi) is 6.76. The monoisotopic (exact) mass is 453 g/mol. The number of nitrogens with two attached hydrogens (primary N) is 1. The summed E-state index contributed by atoms with van der Waals surface area (Å²) in [6.45, 7) is 16.2. The molecule has 32 heavy (non-hydrogen) atoms. The molecule has 0 spiro atoms. The second-order valence-electron chi connectivity index (χ2n) is 10.6. The molecule has 0 unspecified atom stereocenters. The summed E-state index contributed by atoms with van der Waals surface area (Å²) in [5.41, 5.74) is 9.72. The van der Waals surface area contributed by atoms with Crippen LogP contribution in [0.5, 0.6) is 0 Å². The molecule has 0 bridgehead atoms. The predicted molar refractivity (Wildman–Crippen MR) is 133 cm³/mol. The number of hydrogen-bond donors (Lipinski definition) is 2. The molecule has 172 valence electrons. The number of nitrogens with one attached hydrogen (secondary N) is 1. The van der Waals surface area contributed by atoms with E-state index in [1.54, 1.807) is 6.20 Å². The fourth-order valence-corrected chi connectivity index (χ4v) is 4.05. The van der Waals surface area contributed by atoms with Crippen molar-refractivity contribution < 1.29 is 9.53 Å². The van der Waals surface area contributed by atoms with E-state index in [0.717, 1.165) is 17.4 Å². The minimum atomic E-state index is -1.19. The van der Waals surface area contributed by atoms with Gasteiger partial charge in [-0.3, -0.25) is 4.79 Å². The molecule has 2 aromatic heterocycles. The van der Waals surface area contributed by atoms with E-state index in [0.29, 0.717) is 35.9 Å². The average Bonchev–Trinajstić information content (AvgIpc) is 3.03. The lowest BCUT2D eigenvalue weighted by Crippen LogP contribution is -2.22. The van der Waals surface area contributed by atoms with Crippen LogP contribution >= 0.6 is 0 Å². The van der Waals surface area contributed by atoms with Gasteiger partial charge in [0.15, 0.2) is 11.5 Å². The highest BCUT2D eigenvalue weighted by Gasteiger charge is 2.26. The van der Waals surface area contributed by atoms with Crippen LogP contribution in [0.4, 0.5) is 11.5 Å². The molecule has 7 nitrogen and oxygen atoms in total. The Balaban J connectivity index is 2.04. The summed E-state index contributed by atoms with van der Waals surface area (Å²) in [5, 5.41) is 3.38. The molecule has 1 aromatic carbocycles. The Morgan fingerprint density at radius 1 is 1.16 bits per heavy atom. The lowest BCUT2D eigenvalue weighted by molar-refractivity contribution is 0.0894. The molecular weight excluding hydrogens is 418 g/mol. The maximum absolute atomic E-state index is 12.2. The highest BCUT2D eigenvalue weighted by Crippen LogP contribution is 2.32. The zero-order chi connectivity index (χ0) is 23.7. The van der Waals surface area contributed by atoms with Gasteiger partial charge in [-0.05, 0) is 25.1 Å². The fraction of sp³-hybridized carbons (Fsp3) is 0.458. The van der Waals surface area contributed by atoms with Gasteiger partial charge in [-0.2, -0.15) is 0 Å². The molecule has 3 rings (SSSR count). The largest absolute Gasteiger partial charge is 0.365 e. The molecule has 2 heterocycles. The zero-order valence-electron chi connectivity index (χ0n) is 20.2. The van der Waals surface area contributed by atoms with Crippen LogP contribution in [0, 0.1) is 6.92 Å². The average molecular weight is 454 g/mol. The van der Waals surface area contributed by atoms with Crippen LogP contribution in [0.2, 0.25) is 25.7 Å². The quantitative estimate of drug-likeness (QED) is 0.361. The Morgan fingerprint density at radius 3 is 2.38 bits per heavy atom. The maximum Gasteiger partial charge on any atom is 0.252 e. The minimum Gasteiger partial charge on any atom is -0.365 e. The molecule has 3 aromatic rings. The van der Waals surface area contributed by atoms with Gasteiger partial charge in [0.1, 0.15) is 12.2 Å². The van der Waals surface area contributed by atoms with Crippen molar-refractivity contribution in [3.63, 3.8) is 0 Å². The zero-order valence-corrected chi connectivity index (χ0v) is 21.2. The number of primary amides is 1. The SMILES string of the molecule is Cc1ccc(Nc2nc3c(C(N)=O)cn(COCC[Si](C)(C)C)c3nc2C(C)(C)C)cc1. The lowest BCUT2D eigenvalue weighted by Gasteiger charge is -2.22. The van der Waals surface area contributed by atoms with Gasteiger partial charge in [-0.15, -0.1) is 0 Å². The first-order chi connectivity index (χ1) is 14.8. The van der Waals surface area contributed by atoms with E-state index >= 15 is 0 Å². The number of aromatic nitrogens is 3. The number of nitrogens with zero attached hydrogens (tertiary/aromatic N) is 3. The Labute approximate surface area is 191 Å². The molecular formula is C24H35N5O2Si.